The third-order valence-corrected chi connectivity index (χ3v) is 6.19. The smallest absolute Gasteiger partial charge is 0.236 e. The van der Waals surface area contributed by atoms with Crippen molar-refractivity contribution < 1.29 is 9.53 Å². The fourth-order valence-electron chi connectivity index (χ4n) is 2.92. The van der Waals surface area contributed by atoms with Crippen LogP contribution in [0.5, 0.6) is 5.75 Å². The molecule has 158 valence electrons. The van der Waals surface area contributed by atoms with Crippen LogP contribution in [0.4, 0.5) is 5.13 Å². The number of aromatic nitrogens is 4. The number of carbonyl (C=O) groups is 1. The highest BCUT2D eigenvalue weighted by molar-refractivity contribution is 7.99. The van der Waals surface area contributed by atoms with Gasteiger partial charge in [-0.25, -0.2) is 4.98 Å². The Bertz CT molecular complexity index is 1160. The van der Waals surface area contributed by atoms with E-state index in [0.717, 1.165) is 28.4 Å². The number of hydrogen-bond donors (Lipinski definition) is 1. The molecule has 2 aromatic heterocycles. The highest BCUT2D eigenvalue weighted by atomic mass is 32.2. The van der Waals surface area contributed by atoms with Crippen molar-refractivity contribution in [3.05, 3.63) is 60.0 Å². The van der Waals surface area contributed by atoms with E-state index in [0.29, 0.717) is 16.9 Å². The molecule has 1 amide bonds. The fraction of sp³-hybridized carbons (Fsp3) is 0.182. The van der Waals surface area contributed by atoms with E-state index in [1.54, 1.807) is 0 Å². The molecule has 7 nitrogen and oxygen atoms in total. The molecule has 0 saturated carbocycles. The van der Waals surface area contributed by atoms with Gasteiger partial charge in [-0.05, 0) is 31.2 Å². The molecule has 1 N–H and O–H groups in total. The third-order valence-electron chi connectivity index (χ3n) is 4.41. The highest BCUT2D eigenvalue weighted by Gasteiger charge is 2.14. The average molecular weight is 452 g/mol. The Labute approximate surface area is 188 Å². The van der Waals surface area contributed by atoms with Crippen molar-refractivity contribution in [2.45, 2.75) is 12.1 Å². The van der Waals surface area contributed by atoms with Gasteiger partial charge in [0.15, 0.2) is 16.1 Å². The molecule has 9 heteroatoms. The molecule has 0 saturated heterocycles. The zero-order valence-corrected chi connectivity index (χ0v) is 18.7. The van der Waals surface area contributed by atoms with Crippen molar-refractivity contribution >= 4 is 34.1 Å². The molecule has 0 unspecified atom stereocenters. The van der Waals surface area contributed by atoms with Gasteiger partial charge < -0.3 is 14.6 Å². The van der Waals surface area contributed by atoms with Crippen LogP contribution < -0.4 is 10.1 Å². The van der Waals surface area contributed by atoms with Crippen LogP contribution in [0.25, 0.3) is 22.6 Å². The van der Waals surface area contributed by atoms with E-state index in [-0.39, 0.29) is 11.7 Å². The fourth-order valence-corrected chi connectivity index (χ4v) is 4.36. The summed E-state index contributed by atoms with van der Waals surface area (Å²) in [5.41, 5.74) is 2.81. The van der Waals surface area contributed by atoms with Gasteiger partial charge in [0.1, 0.15) is 5.75 Å². The standard InChI is InChI=1S/C22H21N5O2S2/c1-3-29-17-11-9-16(10-12-17)20-25-26-22(27(20)2)31-14-19(28)24-21-23-18(13-30-21)15-7-5-4-6-8-15/h4-13H,3,14H2,1-2H3,(H,23,24,28). The van der Waals surface area contributed by atoms with Crippen molar-refractivity contribution in [2.24, 2.45) is 7.05 Å². The second kappa shape index (κ2) is 9.76. The van der Waals surface area contributed by atoms with Crippen molar-refractivity contribution in [1.29, 1.82) is 0 Å². The van der Waals surface area contributed by atoms with E-state index in [1.165, 1.54) is 23.1 Å². The van der Waals surface area contributed by atoms with E-state index >= 15 is 0 Å². The number of anilines is 1. The number of benzene rings is 2. The summed E-state index contributed by atoms with van der Waals surface area (Å²) in [6, 6.07) is 17.6. The summed E-state index contributed by atoms with van der Waals surface area (Å²) in [5.74, 6) is 1.63. The summed E-state index contributed by atoms with van der Waals surface area (Å²) in [4.78, 5) is 16.9. The average Bonchev–Trinajstić information content (AvgIpc) is 3.40. The lowest BCUT2D eigenvalue weighted by atomic mass is 10.2. The summed E-state index contributed by atoms with van der Waals surface area (Å²) in [6.07, 6.45) is 0. The molecule has 4 aromatic rings. The molecule has 0 fully saturated rings. The summed E-state index contributed by atoms with van der Waals surface area (Å²) in [5, 5.41) is 14.5. The first-order valence-electron chi connectivity index (χ1n) is 9.70. The highest BCUT2D eigenvalue weighted by Crippen LogP contribution is 2.26. The van der Waals surface area contributed by atoms with Gasteiger partial charge >= 0.3 is 0 Å². The molecule has 0 aliphatic heterocycles. The van der Waals surface area contributed by atoms with Gasteiger partial charge in [0.25, 0.3) is 0 Å². The molecule has 31 heavy (non-hydrogen) atoms. The van der Waals surface area contributed by atoms with Gasteiger partial charge in [0.05, 0.1) is 18.1 Å². The number of amides is 1. The lowest BCUT2D eigenvalue weighted by molar-refractivity contribution is -0.113. The first-order chi connectivity index (χ1) is 15.1. The number of carbonyl (C=O) groups excluding carboxylic acids is 1. The number of hydrogen-bond acceptors (Lipinski definition) is 7. The maximum absolute atomic E-state index is 12.4. The Kier molecular flexibility index (Phi) is 6.63. The predicted octanol–water partition coefficient (Wildman–Crippen LogP) is 4.74. The molecule has 0 aliphatic carbocycles. The number of rotatable bonds is 8. The monoisotopic (exact) mass is 451 g/mol. The topological polar surface area (TPSA) is 81.9 Å². The molecule has 0 atom stereocenters. The third kappa shape index (κ3) is 5.12. The summed E-state index contributed by atoms with van der Waals surface area (Å²) >= 11 is 2.74. The maximum Gasteiger partial charge on any atom is 0.236 e. The normalized spacial score (nSPS) is 10.8. The Morgan fingerprint density at radius 3 is 2.61 bits per heavy atom. The molecule has 2 heterocycles. The first-order valence-corrected chi connectivity index (χ1v) is 11.6. The molecule has 0 bridgehead atoms. The number of ether oxygens (including phenoxy) is 1. The second-order valence-corrected chi connectivity index (χ2v) is 8.36. The van der Waals surface area contributed by atoms with Crippen LogP contribution in [0.15, 0.2) is 65.1 Å². The predicted molar refractivity (Wildman–Crippen MR) is 125 cm³/mol. The van der Waals surface area contributed by atoms with E-state index in [4.69, 9.17) is 4.74 Å². The number of nitrogens with one attached hydrogen (secondary N) is 1. The van der Waals surface area contributed by atoms with E-state index < -0.39 is 0 Å². The Balaban J connectivity index is 1.35. The van der Waals surface area contributed by atoms with Crippen LogP contribution >= 0.6 is 23.1 Å². The molecule has 2 aromatic carbocycles. The Hall–Kier alpha value is -3.17. The second-order valence-electron chi connectivity index (χ2n) is 6.56. The van der Waals surface area contributed by atoms with Crippen molar-refractivity contribution in [2.75, 3.05) is 17.7 Å². The molecular formula is C22H21N5O2S2. The summed E-state index contributed by atoms with van der Waals surface area (Å²) in [7, 11) is 1.89. The molecule has 0 spiro atoms. The van der Waals surface area contributed by atoms with E-state index in [2.05, 4.69) is 20.5 Å². The maximum atomic E-state index is 12.4. The molecule has 0 aliphatic rings. The molecular weight excluding hydrogens is 430 g/mol. The summed E-state index contributed by atoms with van der Waals surface area (Å²) < 4.78 is 7.36. The number of thiazole rings is 1. The van der Waals surface area contributed by atoms with Crippen LogP contribution in [-0.4, -0.2) is 38.0 Å². The van der Waals surface area contributed by atoms with Gasteiger partial charge in [0, 0.05) is 23.6 Å². The minimum Gasteiger partial charge on any atom is -0.494 e. The van der Waals surface area contributed by atoms with E-state index in [9.17, 15) is 4.79 Å². The largest absolute Gasteiger partial charge is 0.494 e. The quantitative estimate of drug-likeness (QED) is 0.390. The van der Waals surface area contributed by atoms with Crippen molar-refractivity contribution in [3.63, 3.8) is 0 Å². The summed E-state index contributed by atoms with van der Waals surface area (Å²) in [6.45, 7) is 2.58. The van der Waals surface area contributed by atoms with Crippen LogP contribution in [0.3, 0.4) is 0 Å². The molecule has 4 rings (SSSR count). The Morgan fingerprint density at radius 1 is 1.10 bits per heavy atom. The molecule has 0 radical (unpaired) electrons. The van der Waals surface area contributed by atoms with Crippen LogP contribution in [0.2, 0.25) is 0 Å². The zero-order valence-electron chi connectivity index (χ0n) is 17.1. The minimum atomic E-state index is -0.135. The SMILES string of the molecule is CCOc1ccc(-c2nnc(SCC(=O)Nc3nc(-c4ccccc4)cs3)n2C)cc1. The van der Waals surface area contributed by atoms with Crippen molar-refractivity contribution in [3.8, 4) is 28.4 Å². The first kappa shape index (κ1) is 21.1. The van der Waals surface area contributed by atoms with Crippen LogP contribution in [-0.2, 0) is 11.8 Å². The van der Waals surface area contributed by atoms with Gasteiger partial charge in [-0.15, -0.1) is 21.5 Å². The minimum absolute atomic E-state index is 0.135. The van der Waals surface area contributed by atoms with Gasteiger partial charge in [-0.3, -0.25) is 4.79 Å². The van der Waals surface area contributed by atoms with Gasteiger partial charge in [-0.2, -0.15) is 0 Å². The number of nitrogens with zero attached hydrogens (tertiary/aromatic N) is 4. The van der Waals surface area contributed by atoms with Gasteiger partial charge in [0.2, 0.25) is 5.91 Å². The van der Waals surface area contributed by atoms with Gasteiger partial charge in [-0.1, -0.05) is 42.1 Å². The van der Waals surface area contributed by atoms with Crippen LogP contribution in [0.1, 0.15) is 6.92 Å². The zero-order chi connectivity index (χ0) is 21.6. The van der Waals surface area contributed by atoms with Crippen LogP contribution in [0, 0.1) is 0 Å². The lowest BCUT2D eigenvalue weighted by Gasteiger charge is -2.06. The van der Waals surface area contributed by atoms with Crippen molar-refractivity contribution in [1.82, 2.24) is 19.7 Å². The number of thioether (sulfide) groups is 1. The lowest BCUT2D eigenvalue weighted by Crippen LogP contribution is -2.14. The van der Waals surface area contributed by atoms with E-state index in [1.807, 2.05) is 78.5 Å². The Morgan fingerprint density at radius 2 is 1.87 bits per heavy atom.